The third-order valence-electron chi connectivity index (χ3n) is 2.38. The van der Waals surface area contributed by atoms with Gasteiger partial charge in [-0.05, 0) is 37.1 Å². The van der Waals surface area contributed by atoms with Crippen molar-refractivity contribution in [3.05, 3.63) is 24.3 Å². The maximum atomic E-state index is 11.5. The summed E-state index contributed by atoms with van der Waals surface area (Å²) in [6.45, 7) is 0.629. The Hall–Kier alpha value is -2.15. The van der Waals surface area contributed by atoms with E-state index in [9.17, 15) is 4.79 Å². The lowest BCUT2D eigenvalue weighted by molar-refractivity contribution is 0.252. The molecule has 96 valence electrons. The molecule has 1 aromatic rings. The van der Waals surface area contributed by atoms with Gasteiger partial charge in [-0.1, -0.05) is 0 Å². The van der Waals surface area contributed by atoms with Crippen molar-refractivity contribution in [2.45, 2.75) is 19.3 Å². The van der Waals surface area contributed by atoms with E-state index in [0.29, 0.717) is 6.54 Å². The van der Waals surface area contributed by atoms with E-state index in [1.807, 2.05) is 0 Å². The van der Waals surface area contributed by atoms with Crippen molar-refractivity contribution in [1.82, 2.24) is 5.32 Å². The first-order valence-corrected chi connectivity index (χ1v) is 5.88. The second-order valence-corrected chi connectivity index (χ2v) is 3.77. The van der Waals surface area contributed by atoms with E-state index in [2.05, 4.69) is 16.6 Å². The fourth-order valence-corrected chi connectivity index (χ4v) is 1.40. The van der Waals surface area contributed by atoms with Crippen LogP contribution in [0.5, 0.6) is 5.75 Å². The van der Waals surface area contributed by atoms with Gasteiger partial charge in [0, 0.05) is 18.7 Å². The van der Waals surface area contributed by atoms with Crippen LogP contribution in [0.1, 0.15) is 19.3 Å². The molecule has 0 spiro atoms. The smallest absolute Gasteiger partial charge is 0.319 e. The highest BCUT2D eigenvalue weighted by atomic mass is 16.5. The predicted molar refractivity (Wildman–Crippen MR) is 72.7 cm³/mol. The third-order valence-corrected chi connectivity index (χ3v) is 2.38. The Morgan fingerprint density at radius 1 is 1.33 bits per heavy atom. The third kappa shape index (κ3) is 5.26. The standard InChI is InChI=1S/C14H18N2O2/c1-3-4-5-6-11-15-14(17)16-12-7-9-13(18-2)10-8-12/h1,7-10H,4-6,11H2,2H3,(H2,15,16,17). The quantitative estimate of drug-likeness (QED) is 0.599. The van der Waals surface area contributed by atoms with E-state index >= 15 is 0 Å². The number of urea groups is 1. The highest BCUT2D eigenvalue weighted by Crippen LogP contribution is 2.14. The molecular weight excluding hydrogens is 228 g/mol. The second-order valence-electron chi connectivity index (χ2n) is 3.77. The van der Waals surface area contributed by atoms with Crippen LogP contribution in [0.3, 0.4) is 0 Å². The molecule has 2 amide bonds. The van der Waals surface area contributed by atoms with Gasteiger partial charge in [-0.3, -0.25) is 0 Å². The first-order chi connectivity index (χ1) is 8.76. The van der Waals surface area contributed by atoms with Crippen LogP contribution in [0.15, 0.2) is 24.3 Å². The number of nitrogens with one attached hydrogen (secondary N) is 2. The van der Waals surface area contributed by atoms with Gasteiger partial charge in [0.1, 0.15) is 5.75 Å². The Balaban J connectivity index is 2.25. The molecule has 18 heavy (non-hydrogen) atoms. The van der Waals surface area contributed by atoms with E-state index in [4.69, 9.17) is 11.2 Å². The van der Waals surface area contributed by atoms with Crippen molar-refractivity contribution in [1.29, 1.82) is 0 Å². The van der Waals surface area contributed by atoms with Gasteiger partial charge >= 0.3 is 6.03 Å². The number of rotatable bonds is 6. The highest BCUT2D eigenvalue weighted by Gasteiger charge is 2.00. The zero-order valence-corrected chi connectivity index (χ0v) is 10.5. The van der Waals surface area contributed by atoms with Crippen molar-refractivity contribution in [2.24, 2.45) is 0 Å². The van der Waals surface area contributed by atoms with E-state index in [-0.39, 0.29) is 6.03 Å². The number of unbranched alkanes of at least 4 members (excludes halogenated alkanes) is 2. The first-order valence-electron chi connectivity index (χ1n) is 5.88. The van der Waals surface area contributed by atoms with Crippen molar-refractivity contribution in [3.8, 4) is 18.1 Å². The number of terminal acetylenes is 1. The van der Waals surface area contributed by atoms with Crippen LogP contribution in [-0.4, -0.2) is 19.7 Å². The number of amides is 2. The Morgan fingerprint density at radius 2 is 2.06 bits per heavy atom. The summed E-state index contributed by atoms with van der Waals surface area (Å²) in [5.41, 5.74) is 0.733. The first kappa shape index (κ1) is 13.9. The Labute approximate surface area is 108 Å². The fraction of sp³-hybridized carbons (Fsp3) is 0.357. The van der Waals surface area contributed by atoms with Gasteiger partial charge in [0.25, 0.3) is 0 Å². The summed E-state index contributed by atoms with van der Waals surface area (Å²) in [5.74, 6) is 3.33. The van der Waals surface area contributed by atoms with Gasteiger partial charge in [-0.2, -0.15) is 0 Å². The monoisotopic (exact) mass is 246 g/mol. The number of hydrogen-bond acceptors (Lipinski definition) is 2. The minimum Gasteiger partial charge on any atom is -0.497 e. The molecule has 0 heterocycles. The topological polar surface area (TPSA) is 50.4 Å². The largest absolute Gasteiger partial charge is 0.497 e. The molecule has 0 aliphatic carbocycles. The number of ether oxygens (including phenoxy) is 1. The van der Waals surface area contributed by atoms with E-state index in [1.54, 1.807) is 31.4 Å². The van der Waals surface area contributed by atoms with Crippen molar-refractivity contribution in [3.63, 3.8) is 0 Å². The summed E-state index contributed by atoms with van der Waals surface area (Å²) in [7, 11) is 1.60. The Kier molecular flexibility index (Phi) is 6.20. The second kappa shape index (κ2) is 8.02. The van der Waals surface area contributed by atoms with Crippen molar-refractivity contribution in [2.75, 3.05) is 19.0 Å². The molecule has 0 bridgehead atoms. The van der Waals surface area contributed by atoms with Crippen LogP contribution < -0.4 is 15.4 Å². The SMILES string of the molecule is C#CCCCCNC(=O)Nc1ccc(OC)cc1. The maximum absolute atomic E-state index is 11.5. The van der Waals surface area contributed by atoms with E-state index in [1.165, 1.54) is 0 Å². The van der Waals surface area contributed by atoms with Crippen LogP contribution in [0, 0.1) is 12.3 Å². The number of hydrogen-bond donors (Lipinski definition) is 2. The summed E-state index contributed by atoms with van der Waals surface area (Å²) >= 11 is 0. The molecule has 0 atom stereocenters. The normalized spacial score (nSPS) is 9.33. The molecule has 1 aromatic carbocycles. The van der Waals surface area contributed by atoms with Gasteiger partial charge < -0.3 is 15.4 Å². The van der Waals surface area contributed by atoms with Crippen molar-refractivity contribution >= 4 is 11.7 Å². The molecular formula is C14H18N2O2. The highest BCUT2D eigenvalue weighted by molar-refractivity contribution is 5.89. The van der Waals surface area contributed by atoms with E-state index < -0.39 is 0 Å². The number of carbonyl (C=O) groups excluding carboxylic acids is 1. The summed E-state index contributed by atoms with van der Waals surface area (Å²) in [4.78, 5) is 11.5. The van der Waals surface area contributed by atoms with Crippen LogP contribution >= 0.6 is 0 Å². The molecule has 0 aliphatic heterocycles. The summed E-state index contributed by atoms with van der Waals surface area (Å²) in [6, 6.07) is 6.96. The van der Waals surface area contributed by atoms with Crippen LogP contribution in [0.2, 0.25) is 0 Å². The number of anilines is 1. The lowest BCUT2D eigenvalue weighted by Gasteiger charge is -2.07. The van der Waals surface area contributed by atoms with Gasteiger partial charge in [-0.15, -0.1) is 12.3 Å². The Morgan fingerprint density at radius 3 is 2.67 bits per heavy atom. The molecule has 0 aromatic heterocycles. The predicted octanol–water partition coefficient (Wildman–Crippen LogP) is 2.62. The summed E-state index contributed by atoms with van der Waals surface area (Å²) in [5, 5.41) is 5.51. The number of methoxy groups -OCH3 is 1. The zero-order chi connectivity index (χ0) is 13.2. The fourth-order valence-electron chi connectivity index (χ4n) is 1.40. The lowest BCUT2D eigenvalue weighted by Crippen LogP contribution is -2.29. The zero-order valence-electron chi connectivity index (χ0n) is 10.5. The van der Waals surface area contributed by atoms with Crippen molar-refractivity contribution < 1.29 is 9.53 Å². The molecule has 0 unspecified atom stereocenters. The van der Waals surface area contributed by atoms with Gasteiger partial charge in [-0.25, -0.2) is 4.79 Å². The molecule has 0 fully saturated rings. The summed E-state index contributed by atoms with van der Waals surface area (Å²) < 4.78 is 5.03. The van der Waals surface area contributed by atoms with Crippen LogP contribution in [0.4, 0.5) is 10.5 Å². The molecule has 0 aliphatic rings. The van der Waals surface area contributed by atoms with Crippen LogP contribution in [0.25, 0.3) is 0 Å². The molecule has 1 rings (SSSR count). The molecule has 4 nitrogen and oxygen atoms in total. The van der Waals surface area contributed by atoms with Gasteiger partial charge in [0.05, 0.1) is 7.11 Å². The average molecular weight is 246 g/mol. The lowest BCUT2D eigenvalue weighted by atomic mass is 10.2. The maximum Gasteiger partial charge on any atom is 0.319 e. The molecule has 0 saturated heterocycles. The van der Waals surface area contributed by atoms with Crippen LogP contribution in [-0.2, 0) is 0 Å². The average Bonchev–Trinajstić information content (AvgIpc) is 2.39. The number of benzene rings is 1. The molecule has 2 N–H and O–H groups in total. The van der Waals surface area contributed by atoms with Gasteiger partial charge in [0.2, 0.25) is 0 Å². The minimum absolute atomic E-state index is 0.208. The van der Waals surface area contributed by atoms with E-state index in [0.717, 1.165) is 30.7 Å². The minimum atomic E-state index is -0.208. The molecule has 0 radical (unpaired) electrons. The summed E-state index contributed by atoms with van der Waals surface area (Å²) in [6.07, 6.45) is 7.71. The number of carbonyl (C=O) groups is 1. The molecule has 4 heteroatoms. The van der Waals surface area contributed by atoms with Gasteiger partial charge in [0.15, 0.2) is 0 Å². The Bertz CT molecular complexity index is 407. The molecule has 0 saturated carbocycles.